The fourth-order valence-corrected chi connectivity index (χ4v) is 0.835. The van der Waals surface area contributed by atoms with Gasteiger partial charge >= 0.3 is 0 Å². The van der Waals surface area contributed by atoms with Crippen molar-refractivity contribution in [1.82, 2.24) is 0 Å². The quantitative estimate of drug-likeness (QED) is 0.450. The first-order valence-electron chi connectivity index (χ1n) is 3.21. The Kier molecular flexibility index (Phi) is 9.30. The molecular formula is C6H14OS2. The molecule has 0 saturated heterocycles. The minimum absolute atomic E-state index is 0.773. The summed E-state index contributed by atoms with van der Waals surface area (Å²) in [6.07, 6.45) is 2.27. The van der Waals surface area contributed by atoms with Gasteiger partial charge in [-0.15, -0.1) is 0 Å². The molecule has 0 bridgehead atoms. The monoisotopic (exact) mass is 166 g/mol. The maximum Gasteiger partial charge on any atom is 0.0554 e. The van der Waals surface area contributed by atoms with Crippen LogP contribution < -0.4 is 0 Å². The molecule has 0 aromatic carbocycles. The zero-order chi connectivity index (χ0) is 6.95. The molecule has 0 spiro atoms. The normalized spacial score (nSPS) is 10.0. The first kappa shape index (κ1) is 9.66. The molecular weight excluding hydrogens is 152 g/mol. The molecule has 0 heterocycles. The van der Waals surface area contributed by atoms with Gasteiger partial charge in [0.25, 0.3) is 0 Å². The van der Waals surface area contributed by atoms with Crippen molar-refractivity contribution in [1.29, 1.82) is 0 Å². The number of thiol groups is 2. The minimum atomic E-state index is 0.773. The Morgan fingerprint density at radius 1 is 0.889 bits per heavy atom. The molecule has 0 aliphatic carbocycles. The average molecular weight is 166 g/mol. The number of ether oxygens (including phenoxy) is 1. The van der Waals surface area contributed by atoms with E-state index in [0.717, 1.165) is 37.6 Å². The SMILES string of the molecule is SCCCCOCCS. The second-order valence-electron chi connectivity index (χ2n) is 1.77. The van der Waals surface area contributed by atoms with Crippen LogP contribution in [0.5, 0.6) is 0 Å². The Morgan fingerprint density at radius 2 is 1.67 bits per heavy atom. The lowest BCUT2D eigenvalue weighted by molar-refractivity contribution is 0.147. The number of unbranched alkanes of at least 4 members (excludes halogenated alkanes) is 1. The minimum Gasteiger partial charge on any atom is -0.381 e. The van der Waals surface area contributed by atoms with Crippen molar-refractivity contribution >= 4 is 25.3 Å². The summed E-state index contributed by atoms with van der Waals surface area (Å²) in [6.45, 7) is 1.64. The van der Waals surface area contributed by atoms with Crippen molar-refractivity contribution in [2.24, 2.45) is 0 Å². The molecule has 0 aliphatic heterocycles. The first-order valence-corrected chi connectivity index (χ1v) is 4.47. The van der Waals surface area contributed by atoms with E-state index in [9.17, 15) is 0 Å². The van der Waals surface area contributed by atoms with E-state index in [4.69, 9.17) is 4.74 Å². The van der Waals surface area contributed by atoms with Gasteiger partial charge in [0.05, 0.1) is 6.61 Å². The standard InChI is InChI=1S/C6H14OS2/c8-5-2-1-3-7-4-6-9/h8-9H,1-6H2. The van der Waals surface area contributed by atoms with Gasteiger partial charge in [0, 0.05) is 12.4 Å². The Morgan fingerprint density at radius 3 is 2.22 bits per heavy atom. The summed E-state index contributed by atoms with van der Waals surface area (Å²) in [5.74, 6) is 1.78. The molecule has 9 heavy (non-hydrogen) atoms. The second-order valence-corrected chi connectivity index (χ2v) is 2.66. The van der Waals surface area contributed by atoms with E-state index >= 15 is 0 Å². The Hall–Kier alpha value is 0.660. The summed E-state index contributed by atoms with van der Waals surface area (Å²) in [5, 5.41) is 0. The maximum atomic E-state index is 5.17. The molecule has 0 rings (SSSR count). The Bertz CT molecular complexity index is 44.3. The van der Waals surface area contributed by atoms with E-state index < -0.39 is 0 Å². The van der Waals surface area contributed by atoms with Crippen molar-refractivity contribution in [2.75, 3.05) is 24.7 Å². The third kappa shape index (κ3) is 8.66. The molecule has 0 saturated carbocycles. The molecule has 0 aliphatic rings. The molecule has 0 unspecified atom stereocenters. The van der Waals surface area contributed by atoms with Gasteiger partial charge in [-0.3, -0.25) is 0 Å². The van der Waals surface area contributed by atoms with Crippen LogP contribution in [0, 0.1) is 0 Å². The van der Waals surface area contributed by atoms with Crippen molar-refractivity contribution in [2.45, 2.75) is 12.8 Å². The zero-order valence-corrected chi connectivity index (χ0v) is 7.33. The highest BCUT2D eigenvalue weighted by Gasteiger charge is 1.85. The fraction of sp³-hybridized carbons (Fsp3) is 1.00. The lowest BCUT2D eigenvalue weighted by atomic mass is 10.4. The van der Waals surface area contributed by atoms with E-state index in [-0.39, 0.29) is 0 Å². The van der Waals surface area contributed by atoms with Crippen LogP contribution in [0.2, 0.25) is 0 Å². The second kappa shape index (κ2) is 8.66. The van der Waals surface area contributed by atoms with Gasteiger partial charge in [-0.1, -0.05) is 0 Å². The summed E-state index contributed by atoms with van der Waals surface area (Å²) in [6, 6.07) is 0. The van der Waals surface area contributed by atoms with Gasteiger partial charge in [0.2, 0.25) is 0 Å². The molecule has 0 radical (unpaired) electrons. The Labute approximate surface area is 68.0 Å². The molecule has 0 aromatic rings. The van der Waals surface area contributed by atoms with Crippen molar-refractivity contribution in [3.8, 4) is 0 Å². The van der Waals surface area contributed by atoms with Crippen molar-refractivity contribution < 1.29 is 4.74 Å². The molecule has 56 valence electrons. The van der Waals surface area contributed by atoms with Crippen LogP contribution in [-0.2, 0) is 4.74 Å². The van der Waals surface area contributed by atoms with Crippen LogP contribution in [0.3, 0.4) is 0 Å². The van der Waals surface area contributed by atoms with Crippen LogP contribution in [0.15, 0.2) is 0 Å². The molecule has 0 fully saturated rings. The largest absolute Gasteiger partial charge is 0.381 e. The molecule has 3 heteroatoms. The lowest BCUT2D eigenvalue weighted by Crippen LogP contribution is -1.97. The summed E-state index contributed by atoms with van der Waals surface area (Å²) in [5.41, 5.74) is 0. The molecule has 0 atom stereocenters. The van der Waals surface area contributed by atoms with Gasteiger partial charge in [-0.05, 0) is 18.6 Å². The van der Waals surface area contributed by atoms with Crippen molar-refractivity contribution in [3.63, 3.8) is 0 Å². The third-order valence-electron chi connectivity index (χ3n) is 0.932. The van der Waals surface area contributed by atoms with Crippen LogP contribution >= 0.6 is 25.3 Å². The van der Waals surface area contributed by atoms with Gasteiger partial charge in [-0.25, -0.2) is 0 Å². The molecule has 1 nitrogen and oxygen atoms in total. The van der Waals surface area contributed by atoms with Gasteiger partial charge in [0.1, 0.15) is 0 Å². The van der Waals surface area contributed by atoms with Crippen molar-refractivity contribution in [3.05, 3.63) is 0 Å². The van der Waals surface area contributed by atoms with Crippen LogP contribution in [0.1, 0.15) is 12.8 Å². The van der Waals surface area contributed by atoms with Crippen LogP contribution in [0.25, 0.3) is 0 Å². The van der Waals surface area contributed by atoms with Crippen LogP contribution in [-0.4, -0.2) is 24.7 Å². The zero-order valence-electron chi connectivity index (χ0n) is 5.55. The van der Waals surface area contributed by atoms with Gasteiger partial charge < -0.3 is 4.74 Å². The van der Waals surface area contributed by atoms with E-state index in [0.29, 0.717) is 0 Å². The van der Waals surface area contributed by atoms with E-state index in [1.165, 1.54) is 0 Å². The number of hydrogen-bond acceptors (Lipinski definition) is 3. The van der Waals surface area contributed by atoms with E-state index in [2.05, 4.69) is 25.3 Å². The predicted molar refractivity (Wildman–Crippen MR) is 47.8 cm³/mol. The van der Waals surface area contributed by atoms with Crippen LogP contribution in [0.4, 0.5) is 0 Å². The fourth-order valence-electron chi connectivity index (χ4n) is 0.483. The smallest absolute Gasteiger partial charge is 0.0554 e. The van der Waals surface area contributed by atoms with Gasteiger partial charge in [-0.2, -0.15) is 25.3 Å². The molecule has 0 amide bonds. The summed E-state index contributed by atoms with van der Waals surface area (Å²) < 4.78 is 5.17. The lowest BCUT2D eigenvalue weighted by Gasteiger charge is -1.98. The summed E-state index contributed by atoms with van der Waals surface area (Å²) in [4.78, 5) is 0. The average Bonchev–Trinajstić information content (AvgIpc) is 1.89. The highest BCUT2D eigenvalue weighted by Crippen LogP contribution is 1.91. The highest BCUT2D eigenvalue weighted by atomic mass is 32.1. The Balaban J connectivity index is 2.60. The van der Waals surface area contributed by atoms with E-state index in [1.54, 1.807) is 0 Å². The maximum absolute atomic E-state index is 5.17. The summed E-state index contributed by atoms with van der Waals surface area (Å²) >= 11 is 8.08. The summed E-state index contributed by atoms with van der Waals surface area (Å²) in [7, 11) is 0. The number of rotatable bonds is 6. The first-order chi connectivity index (χ1) is 4.41. The molecule has 0 aromatic heterocycles. The number of hydrogen-bond donors (Lipinski definition) is 2. The van der Waals surface area contributed by atoms with Gasteiger partial charge in [0.15, 0.2) is 0 Å². The molecule has 0 N–H and O–H groups in total. The third-order valence-corrected chi connectivity index (χ3v) is 1.43. The van der Waals surface area contributed by atoms with E-state index in [1.807, 2.05) is 0 Å². The topological polar surface area (TPSA) is 9.23 Å². The predicted octanol–water partition coefficient (Wildman–Crippen LogP) is 1.64. The highest BCUT2D eigenvalue weighted by molar-refractivity contribution is 7.80.